The van der Waals surface area contributed by atoms with Gasteiger partial charge in [-0.1, -0.05) is 32.9 Å². The van der Waals surface area contributed by atoms with Crippen LogP contribution in [0.3, 0.4) is 0 Å². The minimum atomic E-state index is 0.215. The van der Waals surface area contributed by atoms with Crippen LogP contribution >= 0.6 is 0 Å². The zero-order valence-corrected chi connectivity index (χ0v) is 11.1. The summed E-state index contributed by atoms with van der Waals surface area (Å²) < 4.78 is 0. The lowest BCUT2D eigenvalue weighted by Crippen LogP contribution is -2.13. The molecule has 1 unspecified atom stereocenters. The van der Waals surface area contributed by atoms with Crippen molar-refractivity contribution in [2.75, 3.05) is 0 Å². The van der Waals surface area contributed by atoms with Crippen LogP contribution in [-0.4, -0.2) is 5.78 Å². The molecule has 1 fully saturated rings. The number of hydrogen-bond acceptors (Lipinski definition) is 1. The van der Waals surface area contributed by atoms with Crippen molar-refractivity contribution in [1.29, 1.82) is 0 Å². The molecule has 1 aromatic carbocycles. The Kier molecular flexibility index (Phi) is 3.66. The minimum Gasteiger partial charge on any atom is -0.294 e. The van der Waals surface area contributed by atoms with Gasteiger partial charge in [0.1, 0.15) is 0 Å². The molecule has 0 amide bonds. The molecule has 1 nitrogen and oxygen atoms in total. The van der Waals surface area contributed by atoms with E-state index in [9.17, 15) is 4.79 Å². The second-order valence-corrected chi connectivity index (χ2v) is 5.18. The van der Waals surface area contributed by atoms with Gasteiger partial charge in [0.2, 0.25) is 0 Å². The lowest BCUT2D eigenvalue weighted by molar-refractivity contribution is 0.0916. The Bertz CT molecular complexity index is 416. The fourth-order valence-corrected chi connectivity index (χ4v) is 2.53. The van der Waals surface area contributed by atoms with Crippen LogP contribution in [-0.2, 0) is 12.8 Å². The Morgan fingerprint density at radius 3 is 2.41 bits per heavy atom. The molecule has 1 aliphatic rings. The Labute approximate surface area is 104 Å². The van der Waals surface area contributed by atoms with Crippen molar-refractivity contribution >= 4 is 5.78 Å². The molecular weight excluding hydrogens is 208 g/mol. The van der Waals surface area contributed by atoms with Crippen molar-refractivity contribution in [3.8, 4) is 0 Å². The van der Waals surface area contributed by atoms with E-state index in [-0.39, 0.29) is 5.92 Å². The van der Waals surface area contributed by atoms with Crippen LogP contribution in [0, 0.1) is 11.8 Å². The van der Waals surface area contributed by atoms with Crippen LogP contribution in [0.1, 0.15) is 55.1 Å². The third kappa shape index (κ3) is 2.59. The predicted molar refractivity (Wildman–Crippen MR) is 71.4 cm³/mol. The van der Waals surface area contributed by atoms with E-state index in [1.165, 1.54) is 24.0 Å². The second-order valence-electron chi connectivity index (χ2n) is 5.18. The van der Waals surface area contributed by atoms with E-state index in [1.54, 1.807) is 0 Å². The van der Waals surface area contributed by atoms with Crippen molar-refractivity contribution in [2.45, 2.75) is 46.5 Å². The smallest absolute Gasteiger partial charge is 0.165 e. The van der Waals surface area contributed by atoms with E-state index in [0.717, 1.165) is 18.4 Å². The Hall–Kier alpha value is -1.11. The van der Waals surface area contributed by atoms with Crippen molar-refractivity contribution in [3.63, 3.8) is 0 Å². The van der Waals surface area contributed by atoms with Crippen LogP contribution < -0.4 is 0 Å². The summed E-state index contributed by atoms with van der Waals surface area (Å²) in [5.74, 6) is 1.20. The van der Waals surface area contributed by atoms with Gasteiger partial charge in [-0.2, -0.15) is 0 Å². The van der Waals surface area contributed by atoms with E-state index in [2.05, 4.69) is 32.9 Å². The maximum Gasteiger partial charge on any atom is 0.165 e. The summed E-state index contributed by atoms with van der Waals surface area (Å²) in [7, 11) is 0. The van der Waals surface area contributed by atoms with Gasteiger partial charge in [0.05, 0.1) is 0 Å². The zero-order valence-electron chi connectivity index (χ0n) is 11.1. The molecule has 0 heterocycles. The average molecular weight is 230 g/mol. The van der Waals surface area contributed by atoms with Gasteiger partial charge >= 0.3 is 0 Å². The first-order chi connectivity index (χ1) is 8.17. The largest absolute Gasteiger partial charge is 0.294 e. The van der Waals surface area contributed by atoms with E-state index in [4.69, 9.17) is 0 Å². The predicted octanol–water partition coefficient (Wildman–Crippen LogP) is 4.04. The highest BCUT2D eigenvalue weighted by Crippen LogP contribution is 2.38. The molecule has 1 aromatic rings. The van der Waals surface area contributed by atoms with E-state index in [0.29, 0.717) is 11.7 Å². The molecule has 2 rings (SSSR count). The second kappa shape index (κ2) is 5.03. The van der Waals surface area contributed by atoms with Crippen molar-refractivity contribution < 1.29 is 4.79 Å². The van der Waals surface area contributed by atoms with Crippen molar-refractivity contribution in [1.82, 2.24) is 0 Å². The molecule has 0 aliphatic heterocycles. The highest BCUT2D eigenvalue weighted by atomic mass is 16.1. The number of hydrogen-bond donors (Lipinski definition) is 0. The molecule has 1 heteroatoms. The van der Waals surface area contributed by atoms with Crippen LogP contribution in [0.4, 0.5) is 0 Å². The summed E-state index contributed by atoms with van der Waals surface area (Å²) in [6.45, 7) is 6.41. The molecule has 0 radical (unpaired) electrons. The number of aryl methyl sites for hydroxylation is 2. The Morgan fingerprint density at radius 2 is 1.88 bits per heavy atom. The Morgan fingerprint density at radius 1 is 1.24 bits per heavy atom. The number of carbonyl (C=O) groups excluding carboxylic acids is 1. The molecule has 0 bridgehead atoms. The molecule has 0 spiro atoms. The molecule has 0 saturated heterocycles. The fraction of sp³-hybridized carbons (Fsp3) is 0.562. The monoisotopic (exact) mass is 230 g/mol. The maximum absolute atomic E-state index is 12.3. The van der Waals surface area contributed by atoms with Gasteiger partial charge in [0, 0.05) is 11.5 Å². The number of benzene rings is 1. The van der Waals surface area contributed by atoms with Gasteiger partial charge < -0.3 is 0 Å². The summed E-state index contributed by atoms with van der Waals surface area (Å²) >= 11 is 0. The molecular formula is C16H22O. The van der Waals surface area contributed by atoms with Gasteiger partial charge in [0.25, 0.3) is 0 Å². The number of carbonyl (C=O) groups is 1. The normalized spacial score (nSPS) is 16.9. The molecule has 1 saturated carbocycles. The molecule has 0 aromatic heterocycles. The van der Waals surface area contributed by atoms with Gasteiger partial charge in [-0.25, -0.2) is 0 Å². The van der Waals surface area contributed by atoms with Gasteiger partial charge in [-0.05, 0) is 48.8 Å². The first-order valence-corrected chi connectivity index (χ1v) is 6.83. The molecule has 0 N–H and O–H groups in total. The summed E-state index contributed by atoms with van der Waals surface area (Å²) in [4.78, 5) is 12.3. The third-order valence-electron chi connectivity index (χ3n) is 4.00. The fourth-order valence-electron chi connectivity index (χ4n) is 2.53. The molecule has 17 heavy (non-hydrogen) atoms. The van der Waals surface area contributed by atoms with Gasteiger partial charge in [-0.15, -0.1) is 0 Å². The van der Waals surface area contributed by atoms with Crippen molar-refractivity contribution in [2.24, 2.45) is 11.8 Å². The molecule has 92 valence electrons. The van der Waals surface area contributed by atoms with Crippen LogP contribution in [0.2, 0.25) is 0 Å². The first-order valence-electron chi connectivity index (χ1n) is 6.83. The SMILES string of the molecule is CCc1ccc(C(=O)C(C)C2CC2)cc1CC. The average Bonchev–Trinajstić information content (AvgIpc) is 3.20. The first kappa shape index (κ1) is 12.3. The number of Topliss-reactive ketones (excluding diaryl/α,β-unsaturated/α-hetero) is 1. The van der Waals surface area contributed by atoms with Gasteiger partial charge in [0.15, 0.2) is 5.78 Å². The highest BCUT2D eigenvalue weighted by molar-refractivity contribution is 5.98. The Balaban J connectivity index is 2.23. The summed E-state index contributed by atoms with van der Waals surface area (Å²) in [5, 5.41) is 0. The maximum atomic E-state index is 12.3. The highest BCUT2D eigenvalue weighted by Gasteiger charge is 2.32. The van der Waals surface area contributed by atoms with Crippen molar-refractivity contribution in [3.05, 3.63) is 34.9 Å². The van der Waals surface area contributed by atoms with Crippen LogP contribution in [0.5, 0.6) is 0 Å². The standard InChI is InChI=1S/C16H22O/c1-4-12-6-9-15(10-13(12)5-2)16(17)11(3)14-7-8-14/h6,9-11,14H,4-5,7-8H2,1-3H3. The summed E-state index contributed by atoms with van der Waals surface area (Å²) in [5.41, 5.74) is 3.63. The van der Waals surface area contributed by atoms with Crippen LogP contribution in [0.25, 0.3) is 0 Å². The third-order valence-corrected chi connectivity index (χ3v) is 4.00. The number of ketones is 1. The summed E-state index contributed by atoms with van der Waals surface area (Å²) in [6.07, 6.45) is 4.54. The zero-order chi connectivity index (χ0) is 12.4. The minimum absolute atomic E-state index is 0.215. The lowest BCUT2D eigenvalue weighted by Gasteiger charge is -2.12. The molecule has 1 aliphatic carbocycles. The molecule has 1 atom stereocenters. The van der Waals surface area contributed by atoms with E-state index >= 15 is 0 Å². The number of rotatable bonds is 5. The topological polar surface area (TPSA) is 17.1 Å². The quantitative estimate of drug-likeness (QED) is 0.698. The lowest BCUT2D eigenvalue weighted by atomic mass is 9.91. The van der Waals surface area contributed by atoms with E-state index in [1.807, 2.05) is 6.07 Å². The van der Waals surface area contributed by atoms with Gasteiger partial charge in [-0.3, -0.25) is 4.79 Å². The van der Waals surface area contributed by atoms with E-state index < -0.39 is 0 Å². The van der Waals surface area contributed by atoms with Crippen LogP contribution in [0.15, 0.2) is 18.2 Å². The summed E-state index contributed by atoms with van der Waals surface area (Å²) in [6, 6.07) is 6.25.